The van der Waals surface area contributed by atoms with Gasteiger partial charge in [-0.1, -0.05) is 96.4 Å². The van der Waals surface area contributed by atoms with Crippen LogP contribution >= 0.6 is 0 Å². The highest BCUT2D eigenvalue weighted by Crippen LogP contribution is 2.42. The summed E-state index contributed by atoms with van der Waals surface area (Å²) in [6, 6.07) is 26.7. The van der Waals surface area contributed by atoms with Gasteiger partial charge in [0.05, 0.1) is 0 Å². The van der Waals surface area contributed by atoms with Crippen LogP contribution < -0.4 is 0 Å². The van der Waals surface area contributed by atoms with Gasteiger partial charge >= 0.3 is 0 Å². The maximum Gasteiger partial charge on any atom is 0.121 e. The number of aryl methyl sites for hydroxylation is 4. The van der Waals surface area contributed by atoms with Crippen LogP contribution in [0.1, 0.15) is 52.5 Å². The molecular weight excluding hydrogens is 364 g/mol. The van der Waals surface area contributed by atoms with Gasteiger partial charge in [0.25, 0.3) is 0 Å². The Balaban J connectivity index is 2.17. The number of aromatic nitrogens is 2. The van der Waals surface area contributed by atoms with Crippen molar-refractivity contribution >= 4 is 0 Å². The summed E-state index contributed by atoms with van der Waals surface area (Å²) in [5.74, 6) is 1.11. The van der Waals surface area contributed by atoms with E-state index in [1.54, 1.807) is 0 Å². The summed E-state index contributed by atoms with van der Waals surface area (Å²) in [6.07, 6.45) is 6.10. The summed E-state index contributed by atoms with van der Waals surface area (Å²) in [7, 11) is 0. The molecule has 30 heavy (non-hydrogen) atoms. The van der Waals surface area contributed by atoms with Gasteiger partial charge < -0.3 is 4.57 Å². The predicted molar refractivity (Wildman–Crippen MR) is 125 cm³/mol. The Morgan fingerprint density at radius 1 is 0.733 bits per heavy atom. The molecule has 0 spiro atoms. The van der Waals surface area contributed by atoms with Crippen molar-refractivity contribution in [1.29, 1.82) is 0 Å². The molecule has 0 N–H and O–H groups in total. The van der Waals surface area contributed by atoms with Gasteiger partial charge in [-0.05, 0) is 43.9 Å². The van der Waals surface area contributed by atoms with Crippen LogP contribution in [0.3, 0.4) is 0 Å². The van der Waals surface area contributed by atoms with E-state index in [4.69, 9.17) is 4.98 Å². The molecule has 0 aliphatic carbocycles. The Labute approximate surface area is 180 Å². The Morgan fingerprint density at radius 2 is 1.20 bits per heavy atom. The molecule has 0 saturated heterocycles. The molecular formula is C28H30N2. The minimum Gasteiger partial charge on any atom is -0.316 e. The van der Waals surface area contributed by atoms with Crippen LogP contribution in [0, 0.1) is 20.8 Å². The molecule has 1 heterocycles. The van der Waals surface area contributed by atoms with Gasteiger partial charge in [0.15, 0.2) is 0 Å². The van der Waals surface area contributed by atoms with Crippen molar-refractivity contribution < 1.29 is 0 Å². The summed E-state index contributed by atoms with van der Waals surface area (Å²) < 4.78 is 2.40. The minimum atomic E-state index is -0.481. The number of hydrogen-bond donors (Lipinski definition) is 0. The molecule has 0 aliphatic heterocycles. The third-order valence-corrected chi connectivity index (χ3v) is 5.86. The minimum absolute atomic E-state index is 0.481. The molecule has 0 atom stereocenters. The topological polar surface area (TPSA) is 17.8 Å². The normalized spacial score (nSPS) is 11.6. The third kappa shape index (κ3) is 3.47. The van der Waals surface area contributed by atoms with E-state index >= 15 is 0 Å². The van der Waals surface area contributed by atoms with Crippen molar-refractivity contribution in [2.75, 3.05) is 0 Å². The quantitative estimate of drug-likeness (QED) is 0.337. The van der Waals surface area contributed by atoms with Gasteiger partial charge in [0, 0.05) is 18.8 Å². The Hall–Kier alpha value is -3.13. The average molecular weight is 395 g/mol. The Kier molecular flexibility index (Phi) is 5.59. The third-order valence-electron chi connectivity index (χ3n) is 5.86. The highest BCUT2D eigenvalue weighted by Gasteiger charge is 2.39. The van der Waals surface area contributed by atoms with Gasteiger partial charge in [-0.3, -0.25) is 0 Å². The predicted octanol–water partition coefficient (Wildman–Crippen LogP) is 6.60. The standard InChI is InChI=1S/C28H30N2/c1-5-9-27-29-16-17-30(27)28(24-13-6-10-21(2)18-24,25-14-7-11-22(3)19-25)26-15-8-12-23(4)20-26/h6-8,10-20H,5,9H2,1-4H3. The van der Waals surface area contributed by atoms with E-state index < -0.39 is 5.54 Å². The van der Waals surface area contributed by atoms with Crippen molar-refractivity contribution in [3.05, 3.63) is 124 Å². The molecule has 2 nitrogen and oxygen atoms in total. The van der Waals surface area contributed by atoms with Crippen LogP contribution in [0.2, 0.25) is 0 Å². The van der Waals surface area contributed by atoms with Gasteiger partial charge in [-0.2, -0.15) is 0 Å². The van der Waals surface area contributed by atoms with Crippen molar-refractivity contribution in [3.63, 3.8) is 0 Å². The molecule has 0 aliphatic rings. The number of hydrogen-bond acceptors (Lipinski definition) is 1. The molecule has 0 fully saturated rings. The molecule has 4 aromatic rings. The molecule has 0 bridgehead atoms. The highest BCUT2D eigenvalue weighted by atomic mass is 15.1. The molecule has 0 radical (unpaired) electrons. The van der Waals surface area contributed by atoms with Crippen molar-refractivity contribution in [2.24, 2.45) is 0 Å². The second-order valence-corrected chi connectivity index (χ2v) is 8.28. The second-order valence-electron chi connectivity index (χ2n) is 8.28. The lowest BCUT2D eigenvalue weighted by molar-refractivity contribution is 0.489. The monoisotopic (exact) mass is 394 g/mol. The van der Waals surface area contributed by atoms with Gasteiger partial charge in [0.1, 0.15) is 11.4 Å². The first-order chi connectivity index (χ1) is 14.6. The Morgan fingerprint density at radius 3 is 1.60 bits per heavy atom. The number of rotatable bonds is 6. The van der Waals surface area contributed by atoms with E-state index in [-0.39, 0.29) is 0 Å². The molecule has 2 heteroatoms. The molecule has 3 aromatic carbocycles. The zero-order valence-electron chi connectivity index (χ0n) is 18.4. The lowest BCUT2D eigenvalue weighted by atomic mass is 9.75. The van der Waals surface area contributed by atoms with Crippen LogP contribution in [0.4, 0.5) is 0 Å². The zero-order valence-corrected chi connectivity index (χ0v) is 18.4. The van der Waals surface area contributed by atoms with E-state index in [0.717, 1.165) is 18.7 Å². The summed E-state index contributed by atoms with van der Waals surface area (Å²) in [4.78, 5) is 4.78. The first kappa shape index (κ1) is 20.2. The summed E-state index contributed by atoms with van der Waals surface area (Å²) in [5, 5.41) is 0. The second kappa shape index (κ2) is 8.31. The molecule has 1 aromatic heterocycles. The van der Waals surface area contributed by atoms with Gasteiger partial charge in [-0.25, -0.2) is 4.98 Å². The fourth-order valence-corrected chi connectivity index (χ4v) is 4.58. The van der Waals surface area contributed by atoms with Crippen molar-refractivity contribution in [1.82, 2.24) is 9.55 Å². The van der Waals surface area contributed by atoms with E-state index in [1.807, 2.05) is 6.20 Å². The van der Waals surface area contributed by atoms with E-state index in [0.29, 0.717) is 0 Å². The van der Waals surface area contributed by atoms with Gasteiger partial charge in [0.2, 0.25) is 0 Å². The van der Waals surface area contributed by atoms with Crippen LogP contribution in [0.25, 0.3) is 0 Å². The fraction of sp³-hybridized carbons (Fsp3) is 0.250. The van der Waals surface area contributed by atoms with Crippen LogP contribution in [-0.2, 0) is 12.0 Å². The van der Waals surface area contributed by atoms with E-state index in [1.165, 1.54) is 33.4 Å². The highest BCUT2D eigenvalue weighted by molar-refractivity contribution is 5.53. The van der Waals surface area contributed by atoms with E-state index in [9.17, 15) is 0 Å². The summed E-state index contributed by atoms with van der Waals surface area (Å²) >= 11 is 0. The Bertz CT molecular complexity index is 1040. The van der Waals surface area contributed by atoms with Crippen molar-refractivity contribution in [2.45, 2.75) is 46.1 Å². The largest absolute Gasteiger partial charge is 0.316 e. The molecule has 4 rings (SSSR count). The van der Waals surface area contributed by atoms with E-state index in [2.05, 4.69) is 111 Å². The van der Waals surface area contributed by atoms with Crippen LogP contribution in [0.15, 0.2) is 85.2 Å². The van der Waals surface area contributed by atoms with Crippen LogP contribution in [-0.4, -0.2) is 9.55 Å². The number of imidazole rings is 1. The molecule has 152 valence electrons. The summed E-state index contributed by atoms with van der Waals surface area (Å²) in [6.45, 7) is 8.72. The fourth-order valence-electron chi connectivity index (χ4n) is 4.58. The number of nitrogens with zero attached hydrogens (tertiary/aromatic N) is 2. The molecule has 0 amide bonds. The first-order valence-electron chi connectivity index (χ1n) is 10.8. The van der Waals surface area contributed by atoms with Crippen molar-refractivity contribution in [3.8, 4) is 0 Å². The maximum absolute atomic E-state index is 4.78. The average Bonchev–Trinajstić information content (AvgIpc) is 3.18. The van der Waals surface area contributed by atoms with Gasteiger partial charge in [-0.15, -0.1) is 0 Å². The zero-order chi connectivity index (χ0) is 21.1. The molecule has 0 saturated carbocycles. The lowest BCUT2D eigenvalue weighted by Crippen LogP contribution is -2.38. The number of benzene rings is 3. The smallest absolute Gasteiger partial charge is 0.121 e. The first-order valence-corrected chi connectivity index (χ1v) is 10.8. The molecule has 0 unspecified atom stereocenters. The SMILES string of the molecule is CCCc1nccn1C(c1cccc(C)c1)(c1cccc(C)c1)c1cccc(C)c1. The van der Waals surface area contributed by atoms with Crippen LogP contribution in [0.5, 0.6) is 0 Å². The maximum atomic E-state index is 4.78. The summed E-state index contributed by atoms with van der Waals surface area (Å²) in [5.41, 5.74) is 7.07. The lowest BCUT2D eigenvalue weighted by Gasteiger charge is -2.39.